The normalized spacial score (nSPS) is 22.7. The van der Waals surface area contributed by atoms with E-state index in [2.05, 4.69) is 21.2 Å². The molecule has 4 aromatic rings. The van der Waals surface area contributed by atoms with Crippen LogP contribution in [0, 0.1) is 0 Å². The van der Waals surface area contributed by atoms with E-state index in [9.17, 15) is 4.79 Å². The second-order valence-electron chi connectivity index (χ2n) is 9.14. The Labute approximate surface area is 236 Å². The van der Waals surface area contributed by atoms with Gasteiger partial charge in [0.05, 0.1) is 16.7 Å². The van der Waals surface area contributed by atoms with E-state index in [0.29, 0.717) is 27.9 Å². The van der Waals surface area contributed by atoms with Crippen LogP contribution in [0.1, 0.15) is 29.3 Å². The number of rotatable bonds is 3. The van der Waals surface area contributed by atoms with E-state index in [1.54, 1.807) is 0 Å². The summed E-state index contributed by atoms with van der Waals surface area (Å²) in [6.45, 7) is 0. The molecule has 1 amide bonds. The summed E-state index contributed by atoms with van der Waals surface area (Å²) in [4.78, 5) is 13.5. The standard InChI is InChI=1S/C29H19BrClN3O3S/c30-19-8-12-26-22(14-19)24-16-23(17-6-9-20(31)10-7-17)33-34(24)29(37-26)27(38-28(35)32-29)15-21-11-13-25(36-21)18-4-2-1-3-5-18/h1-15,24H,16H2,(H,32,35)/b27-15-. The summed E-state index contributed by atoms with van der Waals surface area (Å²) in [6.07, 6.45) is 2.49. The average Bonchev–Trinajstić information content (AvgIpc) is 3.64. The van der Waals surface area contributed by atoms with Gasteiger partial charge in [-0.2, -0.15) is 5.10 Å². The van der Waals surface area contributed by atoms with E-state index in [1.165, 1.54) is 0 Å². The molecule has 0 bridgehead atoms. The van der Waals surface area contributed by atoms with Gasteiger partial charge in [-0.05, 0) is 65.9 Å². The van der Waals surface area contributed by atoms with Gasteiger partial charge in [-0.1, -0.05) is 70.0 Å². The van der Waals surface area contributed by atoms with Crippen LogP contribution in [0.5, 0.6) is 5.75 Å². The highest BCUT2D eigenvalue weighted by Crippen LogP contribution is 2.53. The fourth-order valence-electron chi connectivity index (χ4n) is 5.02. The number of nitrogens with one attached hydrogen (secondary N) is 1. The molecule has 38 heavy (non-hydrogen) atoms. The van der Waals surface area contributed by atoms with E-state index in [4.69, 9.17) is 25.9 Å². The van der Waals surface area contributed by atoms with Crippen molar-refractivity contribution in [2.45, 2.75) is 18.3 Å². The van der Waals surface area contributed by atoms with E-state index in [-0.39, 0.29) is 11.3 Å². The Bertz CT molecular complexity index is 1640. The maximum absolute atomic E-state index is 12.9. The number of hydrogen-bond acceptors (Lipinski definition) is 6. The third-order valence-electron chi connectivity index (χ3n) is 6.77. The van der Waals surface area contributed by atoms with Crippen LogP contribution in [0.25, 0.3) is 17.4 Å². The van der Waals surface area contributed by atoms with Gasteiger partial charge in [0, 0.05) is 27.0 Å². The van der Waals surface area contributed by atoms with E-state index in [0.717, 1.165) is 44.4 Å². The zero-order valence-electron chi connectivity index (χ0n) is 19.7. The molecule has 1 fully saturated rings. The van der Waals surface area contributed by atoms with Crippen LogP contribution in [0.2, 0.25) is 5.02 Å². The van der Waals surface area contributed by atoms with Gasteiger partial charge < -0.3 is 9.15 Å². The smallest absolute Gasteiger partial charge is 0.314 e. The number of amides is 1. The Balaban J connectivity index is 1.34. The van der Waals surface area contributed by atoms with Gasteiger partial charge in [-0.25, -0.2) is 5.01 Å². The SMILES string of the molecule is O=C1NC2(Oc3ccc(Br)cc3C3CC(c4ccc(Cl)cc4)=NN32)/C(=C/c2ccc(-c3ccccc3)o2)S1. The summed E-state index contributed by atoms with van der Waals surface area (Å²) in [6, 6.07) is 27.1. The highest BCUT2D eigenvalue weighted by atomic mass is 79.9. The molecule has 3 aromatic carbocycles. The molecule has 2 unspecified atom stereocenters. The third kappa shape index (κ3) is 3.95. The molecule has 6 nitrogen and oxygen atoms in total. The minimum atomic E-state index is -1.30. The van der Waals surface area contributed by atoms with Crippen molar-refractivity contribution in [3.05, 3.63) is 116 Å². The monoisotopic (exact) mass is 603 g/mol. The maximum atomic E-state index is 12.9. The molecule has 0 aliphatic carbocycles. The van der Waals surface area contributed by atoms with Gasteiger partial charge in [0.25, 0.3) is 5.24 Å². The molecular formula is C29H19BrClN3O3S. The third-order valence-corrected chi connectivity index (χ3v) is 8.41. The lowest BCUT2D eigenvalue weighted by Gasteiger charge is -2.45. The molecule has 2 atom stereocenters. The van der Waals surface area contributed by atoms with Crippen molar-refractivity contribution in [1.29, 1.82) is 0 Å². The molecule has 0 saturated carbocycles. The summed E-state index contributed by atoms with van der Waals surface area (Å²) >= 11 is 10.8. The summed E-state index contributed by atoms with van der Waals surface area (Å²) in [5, 5.41) is 10.4. The molecular weight excluding hydrogens is 586 g/mol. The number of halogens is 2. The van der Waals surface area contributed by atoms with Crippen molar-refractivity contribution < 1.29 is 13.9 Å². The number of ether oxygens (including phenoxy) is 1. The topological polar surface area (TPSA) is 67.1 Å². The Morgan fingerprint density at radius 3 is 2.68 bits per heavy atom. The van der Waals surface area contributed by atoms with Crippen LogP contribution >= 0.6 is 39.3 Å². The first-order chi connectivity index (χ1) is 18.5. The molecule has 1 saturated heterocycles. The number of fused-ring (bicyclic) bond motifs is 4. The number of benzene rings is 3. The highest BCUT2D eigenvalue weighted by Gasteiger charge is 2.58. The van der Waals surface area contributed by atoms with Crippen LogP contribution in [0.15, 0.2) is 104 Å². The number of hydrazone groups is 1. The van der Waals surface area contributed by atoms with Crippen molar-refractivity contribution in [2.24, 2.45) is 5.10 Å². The van der Waals surface area contributed by atoms with Gasteiger partial charge in [0.2, 0.25) is 0 Å². The van der Waals surface area contributed by atoms with E-state index in [1.807, 2.05) is 96.0 Å². The number of carbonyl (C=O) groups excluding carboxylic acids is 1. The molecule has 1 N–H and O–H groups in total. The quantitative estimate of drug-likeness (QED) is 0.256. The van der Waals surface area contributed by atoms with Crippen molar-refractivity contribution >= 4 is 56.3 Å². The largest absolute Gasteiger partial charge is 0.457 e. The Kier molecular flexibility index (Phi) is 5.65. The van der Waals surface area contributed by atoms with Gasteiger partial charge in [-0.15, -0.1) is 0 Å². The van der Waals surface area contributed by atoms with E-state index < -0.39 is 5.85 Å². The van der Waals surface area contributed by atoms with Gasteiger partial charge in [0.15, 0.2) is 0 Å². The van der Waals surface area contributed by atoms with Crippen molar-refractivity contribution in [3.8, 4) is 17.1 Å². The van der Waals surface area contributed by atoms with Crippen molar-refractivity contribution in [2.75, 3.05) is 0 Å². The highest BCUT2D eigenvalue weighted by molar-refractivity contribution is 9.10. The van der Waals surface area contributed by atoms with Gasteiger partial charge in [0.1, 0.15) is 17.3 Å². The Morgan fingerprint density at radius 2 is 1.87 bits per heavy atom. The van der Waals surface area contributed by atoms with Gasteiger partial charge in [-0.3, -0.25) is 10.1 Å². The first kappa shape index (κ1) is 23.6. The van der Waals surface area contributed by atoms with Crippen LogP contribution < -0.4 is 10.1 Å². The fourth-order valence-corrected chi connectivity index (χ4v) is 6.42. The minimum Gasteiger partial charge on any atom is -0.457 e. The second-order valence-corrected chi connectivity index (χ2v) is 11.5. The lowest BCUT2D eigenvalue weighted by atomic mass is 9.96. The summed E-state index contributed by atoms with van der Waals surface area (Å²) < 4.78 is 13.7. The van der Waals surface area contributed by atoms with Crippen LogP contribution in [0.4, 0.5) is 4.79 Å². The van der Waals surface area contributed by atoms with Crippen molar-refractivity contribution in [3.63, 3.8) is 0 Å². The molecule has 7 rings (SSSR count). The molecule has 1 spiro atoms. The van der Waals surface area contributed by atoms with Crippen LogP contribution in [-0.2, 0) is 0 Å². The molecule has 188 valence electrons. The zero-order valence-corrected chi connectivity index (χ0v) is 22.9. The molecule has 0 radical (unpaired) electrons. The first-order valence-electron chi connectivity index (χ1n) is 12.0. The molecule has 4 heterocycles. The molecule has 1 aromatic heterocycles. The van der Waals surface area contributed by atoms with Crippen LogP contribution in [0.3, 0.4) is 0 Å². The summed E-state index contributed by atoms with van der Waals surface area (Å²) in [5.74, 6) is 0.752. The maximum Gasteiger partial charge on any atom is 0.314 e. The molecule has 9 heteroatoms. The fraction of sp³-hybridized carbons (Fsp3) is 0.103. The lowest BCUT2D eigenvalue weighted by molar-refractivity contribution is -0.0949. The molecule has 3 aliphatic rings. The second kappa shape index (κ2) is 9.08. The summed E-state index contributed by atoms with van der Waals surface area (Å²) in [5.41, 5.74) is 3.83. The van der Waals surface area contributed by atoms with Crippen LogP contribution in [-0.4, -0.2) is 21.8 Å². The number of nitrogens with zero attached hydrogens (tertiary/aromatic N) is 2. The van der Waals surface area contributed by atoms with E-state index >= 15 is 0 Å². The number of hydrogen-bond donors (Lipinski definition) is 1. The Hall–Kier alpha value is -3.46. The number of furan rings is 1. The molecule has 3 aliphatic heterocycles. The summed E-state index contributed by atoms with van der Waals surface area (Å²) in [7, 11) is 0. The predicted molar refractivity (Wildman–Crippen MR) is 153 cm³/mol. The minimum absolute atomic E-state index is 0.152. The number of carbonyl (C=O) groups is 1. The average molecular weight is 605 g/mol. The van der Waals surface area contributed by atoms with Crippen molar-refractivity contribution in [1.82, 2.24) is 10.3 Å². The predicted octanol–water partition coefficient (Wildman–Crippen LogP) is 8.06. The lowest BCUT2D eigenvalue weighted by Crippen LogP contribution is -2.61. The first-order valence-corrected chi connectivity index (χ1v) is 14.0. The van der Waals surface area contributed by atoms with Gasteiger partial charge >= 0.3 is 5.85 Å². The Morgan fingerprint density at radius 1 is 1.05 bits per heavy atom. The number of thioether (sulfide) groups is 1. The zero-order chi connectivity index (χ0) is 25.9.